The van der Waals surface area contributed by atoms with Crippen molar-refractivity contribution in [1.29, 1.82) is 0 Å². The van der Waals surface area contributed by atoms with Crippen molar-refractivity contribution in [3.8, 4) is 11.5 Å². The van der Waals surface area contributed by atoms with Crippen LogP contribution in [0.4, 0.5) is 5.69 Å². The summed E-state index contributed by atoms with van der Waals surface area (Å²) >= 11 is 0. The molecule has 2 aliphatic rings. The van der Waals surface area contributed by atoms with Crippen molar-refractivity contribution in [2.75, 3.05) is 39.2 Å². The number of hydrogen-bond donors (Lipinski definition) is 2. The van der Waals surface area contributed by atoms with Crippen LogP contribution >= 0.6 is 24.0 Å². The van der Waals surface area contributed by atoms with Crippen LogP contribution in [-0.2, 0) is 0 Å². The molecule has 1 unspecified atom stereocenters. The molecule has 0 amide bonds. The van der Waals surface area contributed by atoms with E-state index in [1.165, 1.54) is 32.1 Å². The maximum Gasteiger partial charge on any atom is 0.193 e. The topological polar surface area (TPSA) is 72.1 Å². The molecule has 1 saturated carbocycles. The maximum atomic E-state index is 6.14. The van der Waals surface area contributed by atoms with Crippen LogP contribution < -0.4 is 20.5 Å². The first-order valence-corrected chi connectivity index (χ1v) is 9.76. The van der Waals surface area contributed by atoms with Crippen molar-refractivity contribution in [3.05, 3.63) is 18.2 Å². The van der Waals surface area contributed by atoms with Crippen LogP contribution in [0.2, 0.25) is 0 Å². The summed E-state index contributed by atoms with van der Waals surface area (Å²) in [7, 11) is 4.28. The van der Waals surface area contributed by atoms with E-state index in [0.29, 0.717) is 31.1 Å². The van der Waals surface area contributed by atoms with Crippen molar-refractivity contribution in [2.45, 2.75) is 44.6 Å². The Kier molecular flexibility index (Phi) is 8.95. The van der Waals surface area contributed by atoms with Gasteiger partial charge in [-0.2, -0.15) is 0 Å². The first-order valence-electron chi connectivity index (χ1n) is 9.76. The van der Waals surface area contributed by atoms with Gasteiger partial charge in [-0.3, -0.25) is 4.99 Å². The van der Waals surface area contributed by atoms with Crippen molar-refractivity contribution in [1.82, 2.24) is 4.90 Å². The predicted molar refractivity (Wildman–Crippen MR) is 122 cm³/mol. The largest absolute Gasteiger partial charge is 0.490 e. The molecule has 152 valence electrons. The van der Waals surface area contributed by atoms with E-state index in [4.69, 9.17) is 15.2 Å². The summed E-state index contributed by atoms with van der Waals surface area (Å²) in [5, 5.41) is 3.18. The van der Waals surface area contributed by atoms with Gasteiger partial charge in [0.25, 0.3) is 0 Å². The zero-order valence-corrected chi connectivity index (χ0v) is 18.8. The molecule has 1 atom stereocenters. The first kappa shape index (κ1) is 22.1. The third kappa shape index (κ3) is 6.41. The van der Waals surface area contributed by atoms with Crippen molar-refractivity contribution >= 4 is 35.6 Å². The molecule has 6 nitrogen and oxygen atoms in total. The SMILES string of the molecule is CN(C)C(CN=C(N)Nc1ccc2c(c1)OCCCO2)C1CCCCC1.I. The molecule has 27 heavy (non-hydrogen) atoms. The number of anilines is 1. The minimum Gasteiger partial charge on any atom is -0.490 e. The second-order valence-corrected chi connectivity index (χ2v) is 7.49. The molecule has 0 bridgehead atoms. The molecule has 1 aliphatic carbocycles. The van der Waals surface area contributed by atoms with Crippen LogP contribution in [0.1, 0.15) is 38.5 Å². The number of halogens is 1. The molecule has 0 aromatic heterocycles. The summed E-state index contributed by atoms with van der Waals surface area (Å²) in [6, 6.07) is 6.23. The molecule has 0 radical (unpaired) electrons. The first-order chi connectivity index (χ1) is 12.6. The molecule has 0 spiro atoms. The van der Waals surface area contributed by atoms with Gasteiger partial charge in [0.15, 0.2) is 17.5 Å². The minimum atomic E-state index is 0. The van der Waals surface area contributed by atoms with Crippen molar-refractivity contribution < 1.29 is 9.47 Å². The van der Waals surface area contributed by atoms with Crippen LogP contribution in [0, 0.1) is 5.92 Å². The average Bonchev–Trinajstić information content (AvgIpc) is 2.87. The highest BCUT2D eigenvalue weighted by Gasteiger charge is 2.25. The van der Waals surface area contributed by atoms with Gasteiger partial charge in [0.05, 0.1) is 19.8 Å². The summed E-state index contributed by atoms with van der Waals surface area (Å²) in [6.07, 6.45) is 7.54. The van der Waals surface area contributed by atoms with Gasteiger partial charge in [-0.15, -0.1) is 24.0 Å². The van der Waals surface area contributed by atoms with Crippen molar-refractivity contribution in [3.63, 3.8) is 0 Å². The molecule has 0 saturated heterocycles. The summed E-state index contributed by atoms with van der Waals surface area (Å²) in [4.78, 5) is 6.91. The number of guanidine groups is 1. The van der Waals surface area contributed by atoms with Gasteiger partial charge in [-0.1, -0.05) is 19.3 Å². The number of nitrogens with one attached hydrogen (secondary N) is 1. The molecule has 1 aromatic carbocycles. The highest BCUT2D eigenvalue weighted by molar-refractivity contribution is 14.0. The highest BCUT2D eigenvalue weighted by Crippen LogP contribution is 2.32. The molecule has 7 heteroatoms. The Hall–Kier alpha value is -1.22. The van der Waals surface area contributed by atoms with Crippen LogP contribution in [0.15, 0.2) is 23.2 Å². The lowest BCUT2D eigenvalue weighted by Gasteiger charge is -2.33. The third-order valence-corrected chi connectivity index (χ3v) is 5.33. The van der Waals surface area contributed by atoms with E-state index >= 15 is 0 Å². The van der Waals surface area contributed by atoms with Gasteiger partial charge >= 0.3 is 0 Å². The second-order valence-electron chi connectivity index (χ2n) is 7.49. The number of nitrogens with zero attached hydrogens (tertiary/aromatic N) is 2. The van der Waals surface area contributed by atoms with E-state index in [-0.39, 0.29) is 24.0 Å². The van der Waals surface area contributed by atoms with Gasteiger partial charge in [0.2, 0.25) is 0 Å². The van der Waals surface area contributed by atoms with Crippen LogP contribution in [0.3, 0.4) is 0 Å². The fraction of sp³-hybridized carbons (Fsp3) is 0.650. The normalized spacial score (nSPS) is 19.1. The van der Waals surface area contributed by atoms with Crippen LogP contribution in [-0.4, -0.2) is 50.8 Å². The predicted octanol–water partition coefficient (Wildman–Crippen LogP) is 3.70. The van der Waals surface area contributed by atoms with Crippen LogP contribution in [0.25, 0.3) is 0 Å². The van der Waals surface area contributed by atoms with E-state index in [0.717, 1.165) is 30.2 Å². The molecular weight excluding hydrogens is 455 g/mol. The van der Waals surface area contributed by atoms with E-state index in [9.17, 15) is 0 Å². The number of likely N-dealkylation sites (N-methyl/N-ethyl adjacent to an activating group) is 1. The monoisotopic (exact) mass is 488 g/mol. The van der Waals surface area contributed by atoms with Gasteiger partial charge in [-0.25, -0.2) is 0 Å². The Morgan fingerprint density at radius 1 is 1.15 bits per heavy atom. The number of ether oxygens (including phenoxy) is 2. The number of hydrogen-bond acceptors (Lipinski definition) is 4. The van der Waals surface area contributed by atoms with E-state index < -0.39 is 0 Å². The molecule has 1 heterocycles. The number of fused-ring (bicyclic) bond motifs is 1. The molecule has 1 aromatic rings. The zero-order chi connectivity index (χ0) is 18.4. The van der Waals surface area contributed by atoms with Gasteiger partial charge < -0.3 is 25.4 Å². The molecule has 3 rings (SSSR count). The number of aliphatic imine (C=N–C) groups is 1. The summed E-state index contributed by atoms with van der Waals surface area (Å²) < 4.78 is 11.4. The molecular formula is C20H33IN4O2. The van der Waals surface area contributed by atoms with E-state index in [1.807, 2.05) is 18.2 Å². The summed E-state index contributed by atoms with van der Waals surface area (Å²) in [5.41, 5.74) is 7.01. The molecule has 1 fully saturated rings. The Bertz CT molecular complexity index is 618. The van der Waals surface area contributed by atoms with Gasteiger partial charge in [-0.05, 0) is 45.0 Å². The van der Waals surface area contributed by atoms with Gasteiger partial charge in [0.1, 0.15) is 0 Å². The fourth-order valence-corrected chi connectivity index (χ4v) is 3.87. The second kappa shape index (κ2) is 10.9. The average molecular weight is 488 g/mol. The fourth-order valence-electron chi connectivity index (χ4n) is 3.87. The molecule has 1 aliphatic heterocycles. The summed E-state index contributed by atoms with van der Waals surface area (Å²) in [6.45, 7) is 2.09. The maximum absolute atomic E-state index is 6.14. The highest BCUT2D eigenvalue weighted by atomic mass is 127. The lowest BCUT2D eigenvalue weighted by Crippen LogP contribution is -2.39. The lowest BCUT2D eigenvalue weighted by molar-refractivity contribution is 0.176. The number of benzene rings is 1. The smallest absolute Gasteiger partial charge is 0.193 e. The Balaban J connectivity index is 0.00000261. The summed E-state index contributed by atoms with van der Waals surface area (Å²) in [5.74, 6) is 2.71. The third-order valence-electron chi connectivity index (χ3n) is 5.33. The lowest BCUT2D eigenvalue weighted by atomic mass is 9.83. The number of rotatable bonds is 5. The van der Waals surface area contributed by atoms with E-state index in [2.05, 4.69) is 29.3 Å². The Morgan fingerprint density at radius 2 is 1.85 bits per heavy atom. The Morgan fingerprint density at radius 3 is 2.56 bits per heavy atom. The van der Waals surface area contributed by atoms with E-state index in [1.54, 1.807) is 0 Å². The van der Waals surface area contributed by atoms with Gasteiger partial charge in [0, 0.05) is 24.2 Å². The minimum absolute atomic E-state index is 0. The number of nitrogens with two attached hydrogens (primary N) is 1. The van der Waals surface area contributed by atoms with Crippen molar-refractivity contribution in [2.24, 2.45) is 16.6 Å². The van der Waals surface area contributed by atoms with Crippen LogP contribution in [0.5, 0.6) is 11.5 Å². The Labute approximate surface area is 179 Å². The standard InChI is InChI=1S/C20H32N4O2.HI/c1-24(2)17(15-7-4-3-5-8-15)14-22-20(21)23-16-9-10-18-19(13-16)26-12-6-11-25-18;/h9-10,13,15,17H,3-8,11-12,14H2,1-2H3,(H3,21,22,23);1H. The molecule has 3 N–H and O–H groups in total. The quantitative estimate of drug-likeness (QED) is 0.376. The zero-order valence-electron chi connectivity index (χ0n) is 16.4.